The molecule has 2 fully saturated rings. The number of hydrogen-bond donors (Lipinski definition) is 1. The van der Waals surface area contributed by atoms with Crippen molar-refractivity contribution in [2.75, 3.05) is 13.2 Å². The van der Waals surface area contributed by atoms with E-state index in [2.05, 4.69) is 15.9 Å². The molecule has 1 saturated heterocycles. The number of ether oxygens (including phenoxy) is 1. The molecule has 0 amide bonds. The lowest BCUT2D eigenvalue weighted by Crippen LogP contribution is -2.25. The lowest BCUT2D eigenvalue weighted by atomic mass is 9.94. The van der Waals surface area contributed by atoms with E-state index in [4.69, 9.17) is 14.9 Å². The maximum Gasteiger partial charge on any atom is 0.135 e. The number of furan rings is 1. The monoisotopic (exact) mass is 257 g/mol. The molecule has 1 saturated carbocycles. The quantitative estimate of drug-likeness (QED) is 0.883. The Kier molecular flexibility index (Phi) is 1.81. The first-order valence-electron chi connectivity index (χ1n) is 4.80. The molecular formula is C10H12BrNO2. The van der Waals surface area contributed by atoms with Gasteiger partial charge in [0, 0.05) is 5.41 Å². The maximum atomic E-state index is 6.22. The molecule has 4 heteroatoms. The molecular weight excluding hydrogens is 246 g/mol. The highest BCUT2D eigenvalue weighted by molar-refractivity contribution is 9.10. The smallest absolute Gasteiger partial charge is 0.135 e. The minimum absolute atomic E-state index is 0.0284. The highest BCUT2D eigenvalue weighted by Crippen LogP contribution is 2.63. The van der Waals surface area contributed by atoms with Gasteiger partial charge in [0.25, 0.3) is 0 Å². The van der Waals surface area contributed by atoms with E-state index in [9.17, 15) is 0 Å². The van der Waals surface area contributed by atoms with Gasteiger partial charge >= 0.3 is 0 Å². The van der Waals surface area contributed by atoms with Crippen molar-refractivity contribution in [1.82, 2.24) is 0 Å². The van der Waals surface area contributed by atoms with Gasteiger partial charge < -0.3 is 14.9 Å². The van der Waals surface area contributed by atoms with Crippen LogP contribution in [0.1, 0.15) is 18.2 Å². The molecule has 3 unspecified atom stereocenters. The fourth-order valence-electron chi connectivity index (χ4n) is 2.45. The molecule has 0 aromatic carbocycles. The molecule has 0 bridgehead atoms. The summed E-state index contributed by atoms with van der Waals surface area (Å²) in [6.07, 6.45) is 2.85. The van der Waals surface area contributed by atoms with Crippen LogP contribution in [0.2, 0.25) is 0 Å². The molecule has 1 aromatic heterocycles. The number of nitrogens with two attached hydrogens (primary N) is 1. The first kappa shape index (κ1) is 8.95. The normalized spacial score (nSPS) is 36.9. The molecule has 2 aliphatic rings. The van der Waals surface area contributed by atoms with Gasteiger partial charge in [-0.15, -0.1) is 0 Å². The average Bonchev–Trinajstić information content (AvgIpc) is 2.59. The van der Waals surface area contributed by atoms with Crippen molar-refractivity contribution < 1.29 is 9.15 Å². The summed E-state index contributed by atoms with van der Waals surface area (Å²) in [6.45, 7) is 1.65. The zero-order chi connectivity index (χ0) is 9.76. The van der Waals surface area contributed by atoms with Crippen LogP contribution in [0, 0.1) is 11.3 Å². The van der Waals surface area contributed by atoms with Crippen LogP contribution in [0.15, 0.2) is 21.2 Å². The lowest BCUT2D eigenvalue weighted by Gasteiger charge is -2.18. The number of rotatable bonds is 2. The molecule has 0 spiro atoms. The summed E-state index contributed by atoms with van der Waals surface area (Å²) in [7, 11) is 0. The molecule has 3 atom stereocenters. The van der Waals surface area contributed by atoms with E-state index in [0.717, 1.165) is 23.4 Å². The Morgan fingerprint density at radius 2 is 2.50 bits per heavy atom. The van der Waals surface area contributed by atoms with Crippen molar-refractivity contribution in [3.63, 3.8) is 0 Å². The summed E-state index contributed by atoms with van der Waals surface area (Å²) in [4.78, 5) is 0. The van der Waals surface area contributed by atoms with Crippen molar-refractivity contribution >= 4 is 15.9 Å². The second-order valence-electron chi connectivity index (χ2n) is 4.26. The van der Waals surface area contributed by atoms with Crippen LogP contribution in [-0.4, -0.2) is 13.2 Å². The largest absolute Gasteiger partial charge is 0.466 e. The van der Waals surface area contributed by atoms with E-state index < -0.39 is 0 Å². The zero-order valence-electron chi connectivity index (χ0n) is 7.70. The van der Waals surface area contributed by atoms with Crippen LogP contribution in [0.5, 0.6) is 0 Å². The van der Waals surface area contributed by atoms with Gasteiger partial charge in [-0.2, -0.15) is 0 Å². The van der Waals surface area contributed by atoms with Crippen LogP contribution in [0.3, 0.4) is 0 Å². The highest BCUT2D eigenvalue weighted by atomic mass is 79.9. The first-order chi connectivity index (χ1) is 6.74. The lowest BCUT2D eigenvalue weighted by molar-refractivity contribution is 0.135. The van der Waals surface area contributed by atoms with Crippen LogP contribution in [0.25, 0.3) is 0 Å². The predicted molar refractivity (Wildman–Crippen MR) is 54.7 cm³/mol. The van der Waals surface area contributed by atoms with Crippen LogP contribution < -0.4 is 5.73 Å². The van der Waals surface area contributed by atoms with E-state index >= 15 is 0 Å². The van der Waals surface area contributed by atoms with Crippen molar-refractivity contribution in [1.29, 1.82) is 0 Å². The number of halogens is 1. The first-order valence-corrected chi connectivity index (χ1v) is 5.59. The minimum atomic E-state index is -0.0284. The Morgan fingerprint density at radius 1 is 1.64 bits per heavy atom. The Balaban J connectivity index is 1.90. The van der Waals surface area contributed by atoms with Gasteiger partial charge in [-0.05, 0) is 34.3 Å². The van der Waals surface area contributed by atoms with Gasteiger partial charge in [-0.3, -0.25) is 0 Å². The molecule has 76 valence electrons. The molecule has 2 N–H and O–H groups in total. The van der Waals surface area contributed by atoms with Crippen LogP contribution in [0.4, 0.5) is 0 Å². The average molecular weight is 258 g/mol. The number of fused-ring (bicyclic) bond motifs is 1. The second kappa shape index (κ2) is 2.84. The standard InChI is InChI=1S/C10H12BrNO2/c11-7-1-2-14-8(7)9(12)10-3-6(10)4-13-5-10/h1-2,6,9H,3-5,12H2. The van der Waals surface area contributed by atoms with Gasteiger partial charge in [0.05, 0.1) is 30.0 Å². The third-order valence-corrected chi connectivity index (χ3v) is 4.17. The Labute approximate surface area is 90.7 Å². The van der Waals surface area contributed by atoms with Crippen LogP contribution in [-0.2, 0) is 4.74 Å². The van der Waals surface area contributed by atoms with Gasteiger partial charge in [0.2, 0.25) is 0 Å². The summed E-state index contributed by atoms with van der Waals surface area (Å²) in [5, 5.41) is 0. The molecule has 14 heavy (non-hydrogen) atoms. The van der Waals surface area contributed by atoms with Gasteiger partial charge in [-0.1, -0.05) is 0 Å². The molecule has 3 rings (SSSR count). The predicted octanol–water partition coefficient (Wildman–Crippen LogP) is 2.08. The van der Waals surface area contributed by atoms with Crippen LogP contribution >= 0.6 is 15.9 Å². The van der Waals surface area contributed by atoms with E-state index in [1.807, 2.05) is 6.07 Å². The molecule has 1 aliphatic heterocycles. The van der Waals surface area contributed by atoms with Crippen molar-refractivity contribution in [3.8, 4) is 0 Å². The molecule has 1 aromatic rings. The maximum absolute atomic E-state index is 6.22. The summed E-state index contributed by atoms with van der Waals surface area (Å²) >= 11 is 3.44. The molecule has 0 radical (unpaired) electrons. The molecule has 3 nitrogen and oxygen atoms in total. The Hall–Kier alpha value is -0.320. The summed E-state index contributed by atoms with van der Waals surface area (Å²) in [5.41, 5.74) is 6.38. The van der Waals surface area contributed by atoms with Crippen molar-refractivity contribution in [2.24, 2.45) is 17.1 Å². The van der Waals surface area contributed by atoms with E-state index in [1.165, 1.54) is 6.42 Å². The summed E-state index contributed by atoms with van der Waals surface area (Å²) < 4.78 is 11.8. The van der Waals surface area contributed by atoms with E-state index in [1.54, 1.807) is 6.26 Å². The summed E-state index contributed by atoms with van der Waals surface area (Å²) in [5.74, 6) is 1.51. The third kappa shape index (κ3) is 1.05. The topological polar surface area (TPSA) is 48.4 Å². The van der Waals surface area contributed by atoms with E-state index in [-0.39, 0.29) is 11.5 Å². The Bertz CT molecular complexity index is 365. The fraction of sp³-hybridized carbons (Fsp3) is 0.600. The van der Waals surface area contributed by atoms with Crippen molar-refractivity contribution in [3.05, 3.63) is 22.6 Å². The fourth-order valence-corrected chi connectivity index (χ4v) is 2.90. The Morgan fingerprint density at radius 3 is 3.00 bits per heavy atom. The summed E-state index contributed by atoms with van der Waals surface area (Å²) in [6, 6.07) is 1.86. The van der Waals surface area contributed by atoms with Crippen molar-refractivity contribution in [2.45, 2.75) is 12.5 Å². The second-order valence-corrected chi connectivity index (χ2v) is 5.11. The SMILES string of the molecule is NC(c1occc1Br)C12COCC1C2. The number of hydrogen-bond acceptors (Lipinski definition) is 3. The minimum Gasteiger partial charge on any atom is -0.466 e. The highest BCUT2D eigenvalue weighted by Gasteiger charge is 2.62. The molecule has 1 aliphatic carbocycles. The van der Waals surface area contributed by atoms with Gasteiger partial charge in [0.15, 0.2) is 0 Å². The molecule has 2 heterocycles. The van der Waals surface area contributed by atoms with E-state index in [0.29, 0.717) is 5.92 Å². The third-order valence-electron chi connectivity index (χ3n) is 3.52. The zero-order valence-corrected chi connectivity index (χ0v) is 9.29. The van der Waals surface area contributed by atoms with Gasteiger partial charge in [-0.25, -0.2) is 0 Å². The van der Waals surface area contributed by atoms with Gasteiger partial charge in [0.1, 0.15) is 5.76 Å².